The van der Waals surface area contributed by atoms with E-state index in [2.05, 4.69) is 29.5 Å². The van der Waals surface area contributed by atoms with Crippen LogP contribution in [0.1, 0.15) is 40.0 Å². The van der Waals surface area contributed by atoms with Crippen LogP contribution in [0.3, 0.4) is 0 Å². The van der Waals surface area contributed by atoms with Crippen LogP contribution < -0.4 is 10.6 Å². The zero-order chi connectivity index (χ0) is 16.8. The molecule has 0 aromatic carbocycles. The number of methoxy groups -OCH3 is 1. The summed E-state index contributed by atoms with van der Waals surface area (Å²) in [6.45, 7) is 7.38. The topological polar surface area (TPSA) is 66.0 Å². The Morgan fingerprint density at radius 2 is 1.91 bits per heavy atom. The van der Waals surface area contributed by atoms with Crippen molar-refractivity contribution >= 4 is 35.8 Å². The summed E-state index contributed by atoms with van der Waals surface area (Å²) >= 11 is 0. The molecule has 1 aliphatic carbocycles. The van der Waals surface area contributed by atoms with Gasteiger partial charge in [0, 0.05) is 39.2 Å². The Morgan fingerprint density at radius 3 is 2.35 bits per heavy atom. The average molecular weight is 440 g/mol. The van der Waals surface area contributed by atoms with E-state index in [-0.39, 0.29) is 41.8 Å². The van der Waals surface area contributed by atoms with E-state index in [1.54, 1.807) is 26.1 Å². The summed E-state index contributed by atoms with van der Waals surface area (Å²) in [7, 11) is 5.27. The second kappa shape index (κ2) is 10.3. The molecule has 0 bridgehead atoms. The highest BCUT2D eigenvalue weighted by Crippen LogP contribution is 2.48. The molecule has 0 aromatic rings. The summed E-state index contributed by atoms with van der Waals surface area (Å²) in [5.41, 5.74) is 0.149. The van der Waals surface area contributed by atoms with Crippen molar-refractivity contribution in [1.29, 1.82) is 0 Å². The second-order valence-electron chi connectivity index (χ2n) is 6.08. The van der Waals surface area contributed by atoms with Gasteiger partial charge in [-0.2, -0.15) is 0 Å². The smallest absolute Gasteiger partial charge is 0.243 e. The van der Waals surface area contributed by atoms with Crippen molar-refractivity contribution in [3.05, 3.63) is 0 Å². The molecule has 1 rings (SSSR count). The maximum Gasteiger partial charge on any atom is 0.243 e. The van der Waals surface area contributed by atoms with Gasteiger partial charge in [0.15, 0.2) is 5.96 Å². The quantitative estimate of drug-likeness (QED) is 0.360. The predicted octanol–water partition coefficient (Wildman–Crippen LogP) is 1.84. The van der Waals surface area contributed by atoms with Crippen LogP contribution in [0.25, 0.3) is 0 Å². The molecule has 23 heavy (non-hydrogen) atoms. The monoisotopic (exact) mass is 440 g/mol. The molecule has 2 atom stereocenters. The number of amides is 1. The fraction of sp³-hybridized carbons (Fsp3) is 0.875. The van der Waals surface area contributed by atoms with Gasteiger partial charge < -0.3 is 20.3 Å². The highest BCUT2D eigenvalue weighted by molar-refractivity contribution is 14.0. The fourth-order valence-electron chi connectivity index (χ4n) is 3.25. The highest BCUT2D eigenvalue weighted by atomic mass is 127. The molecule has 0 aromatic heterocycles. The van der Waals surface area contributed by atoms with Gasteiger partial charge in [-0.3, -0.25) is 4.79 Å². The summed E-state index contributed by atoms with van der Waals surface area (Å²) < 4.78 is 5.62. The molecule has 1 aliphatic rings. The van der Waals surface area contributed by atoms with Crippen LogP contribution in [-0.2, 0) is 9.53 Å². The standard InChI is InChI=1S/C16H32N4O2.HI/c1-7-16(8-2)12(10-13(16)22-6)19-15(17-9-3)18-11-14(21)20(4)5;/h12-13H,7-11H2,1-6H3,(H2,17,18,19);1H. The molecule has 7 heteroatoms. The molecule has 6 nitrogen and oxygen atoms in total. The SMILES string of the molecule is CCNC(=NCC(=O)N(C)C)NC1CC(OC)C1(CC)CC.I. The zero-order valence-corrected chi connectivity index (χ0v) is 17.6. The minimum Gasteiger partial charge on any atom is -0.381 e. The first-order valence-electron chi connectivity index (χ1n) is 8.22. The summed E-state index contributed by atoms with van der Waals surface area (Å²) in [5.74, 6) is 0.710. The number of hydrogen-bond acceptors (Lipinski definition) is 3. The third-order valence-electron chi connectivity index (χ3n) is 4.91. The van der Waals surface area contributed by atoms with E-state index in [0.717, 1.165) is 25.8 Å². The van der Waals surface area contributed by atoms with Crippen molar-refractivity contribution in [1.82, 2.24) is 15.5 Å². The summed E-state index contributed by atoms with van der Waals surface area (Å²) in [6.07, 6.45) is 3.40. The lowest BCUT2D eigenvalue weighted by Crippen LogP contribution is -2.65. The Labute approximate surface area is 157 Å². The van der Waals surface area contributed by atoms with E-state index < -0.39 is 0 Å². The molecular weight excluding hydrogens is 407 g/mol. The van der Waals surface area contributed by atoms with Crippen LogP contribution in [0.15, 0.2) is 4.99 Å². The van der Waals surface area contributed by atoms with E-state index in [0.29, 0.717) is 18.1 Å². The number of ether oxygens (including phenoxy) is 1. The van der Waals surface area contributed by atoms with Crippen molar-refractivity contribution in [2.45, 2.75) is 52.2 Å². The van der Waals surface area contributed by atoms with Gasteiger partial charge in [0.2, 0.25) is 5.91 Å². The van der Waals surface area contributed by atoms with Crippen LogP contribution in [0, 0.1) is 5.41 Å². The molecule has 0 saturated heterocycles. The van der Waals surface area contributed by atoms with Crippen molar-refractivity contribution < 1.29 is 9.53 Å². The lowest BCUT2D eigenvalue weighted by molar-refractivity contribution is -0.127. The molecule has 1 saturated carbocycles. The molecule has 0 heterocycles. The van der Waals surface area contributed by atoms with E-state index in [9.17, 15) is 4.79 Å². The molecule has 1 amide bonds. The number of nitrogens with one attached hydrogen (secondary N) is 2. The fourth-order valence-corrected chi connectivity index (χ4v) is 3.25. The van der Waals surface area contributed by atoms with Gasteiger partial charge in [0.25, 0.3) is 0 Å². The number of carbonyl (C=O) groups is 1. The summed E-state index contributed by atoms with van der Waals surface area (Å²) in [5, 5.41) is 6.72. The van der Waals surface area contributed by atoms with Crippen LogP contribution in [0.2, 0.25) is 0 Å². The zero-order valence-electron chi connectivity index (χ0n) is 15.3. The lowest BCUT2D eigenvalue weighted by atomic mass is 9.58. The number of aliphatic imine (C=N–C) groups is 1. The molecule has 0 radical (unpaired) electrons. The minimum absolute atomic E-state index is 0. The van der Waals surface area contributed by atoms with Gasteiger partial charge in [-0.05, 0) is 26.2 Å². The largest absolute Gasteiger partial charge is 0.381 e. The number of hydrogen-bond donors (Lipinski definition) is 2. The molecule has 136 valence electrons. The molecular formula is C16H33IN4O2. The van der Waals surface area contributed by atoms with Crippen molar-refractivity contribution in [2.75, 3.05) is 34.3 Å². The summed E-state index contributed by atoms with van der Waals surface area (Å²) in [6, 6.07) is 0.333. The van der Waals surface area contributed by atoms with Crippen LogP contribution >= 0.6 is 24.0 Å². The van der Waals surface area contributed by atoms with Crippen LogP contribution in [-0.4, -0.2) is 63.2 Å². The van der Waals surface area contributed by atoms with Gasteiger partial charge in [0.05, 0.1) is 6.10 Å². The number of rotatable bonds is 7. The first-order chi connectivity index (χ1) is 10.4. The Balaban J connectivity index is 0.00000484. The van der Waals surface area contributed by atoms with Gasteiger partial charge in [0.1, 0.15) is 6.54 Å². The number of nitrogens with zero attached hydrogens (tertiary/aromatic N) is 2. The third kappa shape index (κ3) is 5.20. The van der Waals surface area contributed by atoms with E-state index in [4.69, 9.17) is 4.74 Å². The number of halogens is 1. The molecule has 2 unspecified atom stereocenters. The predicted molar refractivity (Wildman–Crippen MR) is 105 cm³/mol. The van der Waals surface area contributed by atoms with Gasteiger partial charge >= 0.3 is 0 Å². The number of guanidine groups is 1. The normalized spacial score (nSPS) is 22.6. The minimum atomic E-state index is -0.00201. The molecule has 1 fully saturated rings. The Hall–Kier alpha value is -0.570. The molecule has 0 aliphatic heterocycles. The Morgan fingerprint density at radius 1 is 1.30 bits per heavy atom. The first kappa shape index (κ1) is 22.4. The third-order valence-corrected chi connectivity index (χ3v) is 4.91. The van der Waals surface area contributed by atoms with E-state index in [1.807, 2.05) is 6.92 Å². The van der Waals surface area contributed by atoms with E-state index >= 15 is 0 Å². The molecule has 2 N–H and O–H groups in total. The number of likely N-dealkylation sites (N-methyl/N-ethyl adjacent to an activating group) is 1. The Bertz CT molecular complexity index is 398. The van der Waals surface area contributed by atoms with E-state index in [1.165, 1.54) is 0 Å². The Kier molecular flexibility index (Phi) is 10.1. The maximum atomic E-state index is 11.7. The van der Waals surface area contributed by atoms with Crippen molar-refractivity contribution in [3.8, 4) is 0 Å². The molecule has 0 spiro atoms. The van der Waals surface area contributed by atoms with Gasteiger partial charge in [-0.1, -0.05) is 13.8 Å². The lowest BCUT2D eigenvalue weighted by Gasteiger charge is -2.55. The van der Waals surface area contributed by atoms with Crippen LogP contribution in [0.4, 0.5) is 0 Å². The highest BCUT2D eigenvalue weighted by Gasteiger charge is 2.53. The average Bonchev–Trinajstić information content (AvgIpc) is 2.49. The summed E-state index contributed by atoms with van der Waals surface area (Å²) in [4.78, 5) is 17.7. The van der Waals surface area contributed by atoms with Crippen molar-refractivity contribution in [2.24, 2.45) is 10.4 Å². The number of carbonyl (C=O) groups excluding carboxylic acids is 1. The van der Waals surface area contributed by atoms with Gasteiger partial charge in [-0.15, -0.1) is 24.0 Å². The van der Waals surface area contributed by atoms with Crippen LogP contribution in [0.5, 0.6) is 0 Å². The van der Waals surface area contributed by atoms with Gasteiger partial charge in [-0.25, -0.2) is 4.99 Å². The van der Waals surface area contributed by atoms with Crippen molar-refractivity contribution in [3.63, 3.8) is 0 Å². The first-order valence-corrected chi connectivity index (χ1v) is 8.22. The maximum absolute atomic E-state index is 11.7. The second-order valence-corrected chi connectivity index (χ2v) is 6.08.